The minimum Gasteiger partial charge on any atom is -0.497 e. The lowest BCUT2D eigenvalue weighted by Crippen LogP contribution is -2.54. The van der Waals surface area contributed by atoms with Crippen LogP contribution in [0, 0.1) is 5.41 Å². The highest BCUT2D eigenvalue weighted by atomic mass is 16.5. The van der Waals surface area contributed by atoms with Gasteiger partial charge in [0.05, 0.1) is 20.3 Å². The fourth-order valence-electron chi connectivity index (χ4n) is 1.95. The molecule has 0 radical (unpaired) electrons. The molecule has 0 amide bonds. The molecule has 0 bridgehead atoms. The molecular weight excluding hydrogens is 204 g/mol. The molecule has 4 heteroatoms. The normalized spacial score (nSPS) is 19.9. The number of ether oxygens (including phenoxy) is 2. The monoisotopic (exact) mass is 222 g/mol. The minimum atomic E-state index is -0.0887. The highest BCUT2D eigenvalue weighted by Gasteiger charge is 2.43. The highest BCUT2D eigenvalue weighted by Crippen LogP contribution is 2.38. The number of rotatable bonds is 4. The van der Waals surface area contributed by atoms with Crippen LogP contribution in [0.3, 0.4) is 0 Å². The summed E-state index contributed by atoms with van der Waals surface area (Å²) in [5.41, 5.74) is 13.0. The van der Waals surface area contributed by atoms with Gasteiger partial charge in [-0.2, -0.15) is 0 Å². The topological polar surface area (TPSA) is 70.5 Å². The summed E-state index contributed by atoms with van der Waals surface area (Å²) in [6, 6.07) is 7.73. The Labute approximate surface area is 95.5 Å². The Kier molecular flexibility index (Phi) is 3.14. The summed E-state index contributed by atoms with van der Waals surface area (Å²) in [6.07, 6.45) is 0. The van der Waals surface area contributed by atoms with E-state index in [0.29, 0.717) is 19.8 Å². The first-order chi connectivity index (χ1) is 7.72. The summed E-state index contributed by atoms with van der Waals surface area (Å²) in [6.45, 7) is 1.85. The molecule has 0 aromatic heterocycles. The van der Waals surface area contributed by atoms with Crippen molar-refractivity contribution in [3.8, 4) is 5.75 Å². The number of methoxy groups -OCH3 is 1. The molecule has 4 nitrogen and oxygen atoms in total. The van der Waals surface area contributed by atoms with Crippen LogP contribution in [0.5, 0.6) is 5.75 Å². The van der Waals surface area contributed by atoms with Gasteiger partial charge in [0.25, 0.3) is 0 Å². The fourth-order valence-corrected chi connectivity index (χ4v) is 1.95. The van der Waals surface area contributed by atoms with Gasteiger partial charge in [-0.15, -0.1) is 0 Å². The van der Waals surface area contributed by atoms with Crippen LogP contribution in [0.4, 0.5) is 0 Å². The number of benzene rings is 1. The Balaban J connectivity index is 2.16. The van der Waals surface area contributed by atoms with Crippen LogP contribution in [0.25, 0.3) is 0 Å². The molecule has 1 atom stereocenters. The van der Waals surface area contributed by atoms with Crippen molar-refractivity contribution in [2.75, 3.05) is 26.9 Å². The Bertz CT molecular complexity index is 341. The first-order valence-corrected chi connectivity index (χ1v) is 5.39. The maximum atomic E-state index is 6.24. The van der Waals surface area contributed by atoms with Crippen molar-refractivity contribution in [2.45, 2.75) is 6.04 Å². The van der Waals surface area contributed by atoms with Gasteiger partial charge in [0, 0.05) is 18.0 Å². The lowest BCUT2D eigenvalue weighted by Gasteiger charge is -2.45. The van der Waals surface area contributed by atoms with Crippen molar-refractivity contribution in [1.82, 2.24) is 0 Å². The van der Waals surface area contributed by atoms with Crippen LogP contribution in [-0.4, -0.2) is 26.9 Å². The van der Waals surface area contributed by atoms with Crippen molar-refractivity contribution in [3.05, 3.63) is 29.8 Å². The Morgan fingerprint density at radius 2 is 2.00 bits per heavy atom. The van der Waals surface area contributed by atoms with E-state index >= 15 is 0 Å². The summed E-state index contributed by atoms with van der Waals surface area (Å²) in [5.74, 6) is 0.836. The van der Waals surface area contributed by atoms with Crippen LogP contribution in [0.15, 0.2) is 24.3 Å². The second-order valence-electron chi connectivity index (χ2n) is 4.31. The quantitative estimate of drug-likeness (QED) is 0.785. The molecule has 1 saturated heterocycles. The van der Waals surface area contributed by atoms with Crippen LogP contribution < -0.4 is 16.2 Å². The molecule has 88 valence electrons. The molecule has 1 aliphatic rings. The molecule has 1 unspecified atom stereocenters. The Morgan fingerprint density at radius 1 is 1.38 bits per heavy atom. The van der Waals surface area contributed by atoms with Gasteiger partial charge in [0.2, 0.25) is 0 Å². The highest BCUT2D eigenvalue weighted by molar-refractivity contribution is 5.30. The van der Waals surface area contributed by atoms with Gasteiger partial charge in [-0.05, 0) is 17.7 Å². The largest absolute Gasteiger partial charge is 0.497 e. The summed E-state index contributed by atoms with van der Waals surface area (Å²) >= 11 is 0. The van der Waals surface area contributed by atoms with Crippen molar-refractivity contribution in [1.29, 1.82) is 0 Å². The average Bonchev–Trinajstić information content (AvgIpc) is 2.28. The third kappa shape index (κ3) is 1.80. The smallest absolute Gasteiger partial charge is 0.118 e. The molecule has 1 heterocycles. The SMILES string of the molecule is COc1ccc(C(N)C2(CN)COC2)cc1. The van der Waals surface area contributed by atoms with Gasteiger partial charge >= 0.3 is 0 Å². The third-order valence-electron chi connectivity index (χ3n) is 3.32. The van der Waals surface area contributed by atoms with Gasteiger partial charge < -0.3 is 20.9 Å². The molecule has 1 fully saturated rings. The number of hydrogen-bond acceptors (Lipinski definition) is 4. The third-order valence-corrected chi connectivity index (χ3v) is 3.32. The summed E-state index contributed by atoms with van der Waals surface area (Å²) in [5, 5.41) is 0. The first kappa shape index (κ1) is 11.4. The van der Waals surface area contributed by atoms with Gasteiger partial charge in [0.15, 0.2) is 0 Å². The van der Waals surface area contributed by atoms with Gasteiger partial charge in [-0.25, -0.2) is 0 Å². The van der Waals surface area contributed by atoms with E-state index in [0.717, 1.165) is 11.3 Å². The first-order valence-electron chi connectivity index (χ1n) is 5.39. The molecule has 0 saturated carbocycles. The molecular formula is C12H18N2O2. The average molecular weight is 222 g/mol. The molecule has 1 aromatic carbocycles. The maximum Gasteiger partial charge on any atom is 0.118 e. The number of nitrogens with two attached hydrogens (primary N) is 2. The van der Waals surface area contributed by atoms with Crippen molar-refractivity contribution in [3.63, 3.8) is 0 Å². The fraction of sp³-hybridized carbons (Fsp3) is 0.500. The van der Waals surface area contributed by atoms with E-state index in [2.05, 4.69) is 0 Å². The summed E-state index contributed by atoms with van der Waals surface area (Å²) in [7, 11) is 1.65. The van der Waals surface area contributed by atoms with E-state index in [4.69, 9.17) is 20.9 Å². The molecule has 0 spiro atoms. The predicted octanol–water partition coefficient (Wildman–Crippen LogP) is 0.670. The standard InChI is InChI=1S/C12H18N2O2/c1-15-10-4-2-9(3-5-10)11(14)12(6-13)7-16-8-12/h2-5,11H,6-8,13-14H2,1H3. The van der Waals surface area contributed by atoms with Crippen LogP contribution >= 0.6 is 0 Å². The van der Waals surface area contributed by atoms with E-state index in [-0.39, 0.29) is 11.5 Å². The van der Waals surface area contributed by atoms with Gasteiger partial charge in [-0.3, -0.25) is 0 Å². The summed E-state index contributed by atoms with van der Waals surface area (Å²) < 4.78 is 10.3. The van der Waals surface area contributed by atoms with Crippen molar-refractivity contribution >= 4 is 0 Å². The molecule has 4 N–H and O–H groups in total. The minimum absolute atomic E-state index is 0.0721. The zero-order valence-electron chi connectivity index (χ0n) is 9.48. The Morgan fingerprint density at radius 3 is 2.38 bits per heavy atom. The maximum absolute atomic E-state index is 6.24. The lowest BCUT2D eigenvalue weighted by molar-refractivity contribution is -0.121. The second kappa shape index (κ2) is 4.41. The van der Waals surface area contributed by atoms with E-state index in [9.17, 15) is 0 Å². The molecule has 16 heavy (non-hydrogen) atoms. The van der Waals surface area contributed by atoms with E-state index in [1.807, 2.05) is 24.3 Å². The molecule has 0 aliphatic carbocycles. The van der Waals surface area contributed by atoms with Crippen molar-refractivity contribution < 1.29 is 9.47 Å². The number of hydrogen-bond donors (Lipinski definition) is 2. The zero-order chi connectivity index (χ0) is 11.6. The molecule has 2 rings (SSSR count). The lowest BCUT2D eigenvalue weighted by atomic mass is 9.76. The summed E-state index contributed by atoms with van der Waals surface area (Å²) in [4.78, 5) is 0. The van der Waals surface area contributed by atoms with Crippen molar-refractivity contribution in [2.24, 2.45) is 16.9 Å². The predicted molar refractivity (Wildman–Crippen MR) is 62.2 cm³/mol. The molecule has 1 aliphatic heterocycles. The van der Waals surface area contributed by atoms with E-state index in [1.54, 1.807) is 7.11 Å². The van der Waals surface area contributed by atoms with Crippen LogP contribution in [-0.2, 0) is 4.74 Å². The van der Waals surface area contributed by atoms with E-state index < -0.39 is 0 Å². The van der Waals surface area contributed by atoms with Crippen LogP contribution in [0.1, 0.15) is 11.6 Å². The van der Waals surface area contributed by atoms with Gasteiger partial charge in [-0.1, -0.05) is 12.1 Å². The zero-order valence-corrected chi connectivity index (χ0v) is 9.48. The molecule has 1 aromatic rings. The van der Waals surface area contributed by atoms with E-state index in [1.165, 1.54) is 0 Å². The Hall–Kier alpha value is -1.10. The van der Waals surface area contributed by atoms with Gasteiger partial charge in [0.1, 0.15) is 5.75 Å². The second-order valence-corrected chi connectivity index (χ2v) is 4.31. The van der Waals surface area contributed by atoms with Crippen LogP contribution in [0.2, 0.25) is 0 Å².